The molecule has 1 unspecified atom stereocenters. The van der Waals surface area contributed by atoms with Crippen molar-refractivity contribution >= 4 is 17.5 Å². The van der Waals surface area contributed by atoms with Crippen LogP contribution >= 0.6 is 0 Å². The molecule has 4 rings (SSSR count). The van der Waals surface area contributed by atoms with Gasteiger partial charge in [-0.15, -0.1) is 0 Å². The molecule has 0 spiro atoms. The molecule has 2 heterocycles. The second-order valence-corrected chi connectivity index (χ2v) is 6.69. The lowest BCUT2D eigenvalue weighted by Crippen LogP contribution is -2.45. The van der Waals surface area contributed by atoms with E-state index in [1.54, 1.807) is 38.6 Å². The zero-order chi connectivity index (χ0) is 19.7. The van der Waals surface area contributed by atoms with E-state index in [4.69, 9.17) is 4.74 Å². The predicted octanol–water partition coefficient (Wildman–Crippen LogP) is 2.40. The second kappa shape index (κ2) is 7.19. The van der Waals surface area contributed by atoms with E-state index in [0.29, 0.717) is 23.4 Å². The first-order valence-corrected chi connectivity index (χ1v) is 8.91. The third kappa shape index (κ3) is 3.22. The molecule has 7 nitrogen and oxygen atoms in total. The van der Waals surface area contributed by atoms with Crippen molar-refractivity contribution < 1.29 is 14.3 Å². The van der Waals surface area contributed by atoms with Crippen LogP contribution in [0.25, 0.3) is 11.1 Å². The molecular formula is C21H20N4O3. The zero-order valence-corrected chi connectivity index (χ0v) is 15.6. The first-order chi connectivity index (χ1) is 13.6. The van der Waals surface area contributed by atoms with E-state index in [0.717, 1.165) is 16.7 Å². The van der Waals surface area contributed by atoms with E-state index in [1.807, 2.05) is 30.5 Å². The van der Waals surface area contributed by atoms with Crippen LogP contribution in [0.4, 0.5) is 5.69 Å². The lowest BCUT2D eigenvalue weighted by molar-refractivity contribution is -0.120. The van der Waals surface area contributed by atoms with Crippen LogP contribution in [-0.2, 0) is 11.2 Å². The fourth-order valence-corrected chi connectivity index (χ4v) is 3.38. The van der Waals surface area contributed by atoms with Crippen LogP contribution in [0, 0.1) is 0 Å². The summed E-state index contributed by atoms with van der Waals surface area (Å²) in [6, 6.07) is 12.4. The number of aromatic nitrogens is 2. The summed E-state index contributed by atoms with van der Waals surface area (Å²) in [6.07, 6.45) is 3.99. The van der Waals surface area contributed by atoms with Gasteiger partial charge in [0.1, 0.15) is 11.8 Å². The van der Waals surface area contributed by atoms with E-state index in [1.165, 1.54) is 4.90 Å². The number of benzene rings is 2. The number of nitrogens with zero attached hydrogens (tertiary/aromatic N) is 2. The number of ether oxygens (including phenoxy) is 1. The largest absolute Gasteiger partial charge is 0.497 e. The Labute approximate surface area is 162 Å². The number of rotatable bonds is 4. The number of methoxy groups -OCH3 is 1. The Hall–Kier alpha value is -3.61. The van der Waals surface area contributed by atoms with Crippen LogP contribution in [0.3, 0.4) is 0 Å². The number of carbonyl (C=O) groups excluding carboxylic acids is 2. The summed E-state index contributed by atoms with van der Waals surface area (Å²) < 4.78 is 5.21. The highest BCUT2D eigenvalue weighted by molar-refractivity contribution is 6.11. The van der Waals surface area contributed by atoms with Crippen LogP contribution in [-0.4, -0.2) is 42.2 Å². The SMILES string of the molecule is COc1ccc2c(c1)C(=O)NC(Cc1ccc(-c3cn[nH]c3)cc1)C(=O)N2C. The average Bonchev–Trinajstić information content (AvgIpc) is 3.24. The highest BCUT2D eigenvalue weighted by Crippen LogP contribution is 2.28. The Bertz CT molecular complexity index is 1010. The maximum atomic E-state index is 12.9. The zero-order valence-electron chi connectivity index (χ0n) is 15.6. The molecule has 0 fully saturated rings. The molecule has 1 atom stereocenters. The molecule has 28 heavy (non-hydrogen) atoms. The third-order valence-corrected chi connectivity index (χ3v) is 4.97. The van der Waals surface area contributed by atoms with Gasteiger partial charge in [0.25, 0.3) is 5.91 Å². The lowest BCUT2D eigenvalue weighted by atomic mass is 10.0. The van der Waals surface area contributed by atoms with Gasteiger partial charge in [0.15, 0.2) is 0 Å². The van der Waals surface area contributed by atoms with Gasteiger partial charge in [-0.3, -0.25) is 14.7 Å². The monoisotopic (exact) mass is 376 g/mol. The number of H-pyrrole nitrogens is 1. The summed E-state index contributed by atoms with van der Waals surface area (Å²) >= 11 is 0. The summed E-state index contributed by atoms with van der Waals surface area (Å²) in [6.45, 7) is 0. The van der Waals surface area contributed by atoms with Gasteiger partial charge < -0.3 is 15.0 Å². The molecule has 1 aliphatic heterocycles. The van der Waals surface area contributed by atoms with Crippen molar-refractivity contribution in [2.75, 3.05) is 19.1 Å². The van der Waals surface area contributed by atoms with Gasteiger partial charge in [0, 0.05) is 25.2 Å². The molecular weight excluding hydrogens is 356 g/mol. The average molecular weight is 376 g/mol. The number of fused-ring (bicyclic) bond motifs is 1. The maximum absolute atomic E-state index is 12.9. The van der Waals surface area contributed by atoms with Crippen LogP contribution in [0.15, 0.2) is 54.9 Å². The van der Waals surface area contributed by atoms with Crippen LogP contribution in [0.5, 0.6) is 5.75 Å². The van der Waals surface area contributed by atoms with Crippen molar-refractivity contribution in [1.29, 1.82) is 0 Å². The van der Waals surface area contributed by atoms with Crippen LogP contribution in [0.2, 0.25) is 0 Å². The van der Waals surface area contributed by atoms with Crippen LogP contribution < -0.4 is 15.0 Å². The van der Waals surface area contributed by atoms with Gasteiger partial charge in [0.2, 0.25) is 5.91 Å². The standard InChI is InChI=1S/C21H20N4O3/c1-25-19-8-7-16(28-2)10-17(19)20(26)24-18(21(25)27)9-13-3-5-14(6-4-13)15-11-22-23-12-15/h3-8,10-12,18H,9H2,1-2H3,(H,22,23)(H,24,26). The normalized spacial score (nSPS) is 16.4. The molecule has 0 saturated heterocycles. The Morgan fingerprint density at radius 2 is 1.89 bits per heavy atom. The number of carbonyl (C=O) groups is 2. The summed E-state index contributed by atoms with van der Waals surface area (Å²) in [5.41, 5.74) is 3.98. The molecule has 7 heteroatoms. The minimum atomic E-state index is -0.643. The van der Waals surface area contributed by atoms with E-state index in [2.05, 4.69) is 15.5 Å². The van der Waals surface area contributed by atoms with Gasteiger partial charge in [-0.25, -0.2) is 0 Å². The van der Waals surface area contributed by atoms with Crippen molar-refractivity contribution in [3.05, 3.63) is 66.0 Å². The topological polar surface area (TPSA) is 87.3 Å². The van der Waals surface area contributed by atoms with Crippen molar-refractivity contribution in [1.82, 2.24) is 15.5 Å². The number of anilines is 1. The molecule has 1 aromatic heterocycles. The highest BCUT2D eigenvalue weighted by atomic mass is 16.5. The summed E-state index contributed by atoms with van der Waals surface area (Å²) in [4.78, 5) is 27.2. The number of likely N-dealkylation sites (N-methyl/N-ethyl adjacent to an activating group) is 1. The molecule has 2 N–H and O–H groups in total. The number of nitrogens with one attached hydrogen (secondary N) is 2. The van der Waals surface area contributed by atoms with Crippen molar-refractivity contribution in [2.45, 2.75) is 12.5 Å². The first-order valence-electron chi connectivity index (χ1n) is 8.91. The van der Waals surface area contributed by atoms with Gasteiger partial charge in [-0.2, -0.15) is 5.10 Å². The number of aromatic amines is 1. The fraction of sp³-hybridized carbons (Fsp3) is 0.190. The highest BCUT2D eigenvalue weighted by Gasteiger charge is 2.32. The van der Waals surface area contributed by atoms with Crippen molar-refractivity contribution in [3.63, 3.8) is 0 Å². The smallest absolute Gasteiger partial charge is 0.254 e. The first kappa shape index (κ1) is 17.8. The predicted molar refractivity (Wildman–Crippen MR) is 105 cm³/mol. The van der Waals surface area contributed by atoms with Crippen LogP contribution in [0.1, 0.15) is 15.9 Å². The van der Waals surface area contributed by atoms with Crippen molar-refractivity contribution in [2.24, 2.45) is 0 Å². The molecule has 0 radical (unpaired) electrons. The van der Waals surface area contributed by atoms with E-state index in [-0.39, 0.29) is 11.8 Å². The summed E-state index contributed by atoms with van der Waals surface area (Å²) in [5.74, 6) is 0.130. The van der Waals surface area contributed by atoms with Gasteiger partial charge in [0.05, 0.1) is 24.6 Å². The molecule has 2 amide bonds. The molecule has 0 bridgehead atoms. The molecule has 3 aromatic rings. The minimum Gasteiger partial charge on any atom is -0.497 e. The molecule has 0 aliphatic carbocycles. The van der Waals surface area contributed by atoms with Gasteiger partial charge >= 0.3 is 0 Å². The molecule has 0 saturated carbocycles. The van der Waals surface area contributed by atoms with Crippen molar-refractivity contribution in [3.8, 4) is 16.9 Å². The van der Waals surface area contributed by atoms with E-state index in [9.17, 15) is 9.59 Å². The van der Waals surface area contributed by atoms with Gasteiger partial charge in [-0.05, 0) is 29.3 Å². The second-order valence-electron chi connectivity index (χ2n) is 6.69. The summed E-state index contributed by atoms with van der Waals surface area (Å²) in [7, 11) is 3.23. The van der Waals surface area contributed by atoms with Gasteiger partial charge in [-0.1, -0.05) is 24.3 Å². The third-order valence-electron chi connectivity index (χ3n) is 4.97. The fourth-order valence-electron chi connectivity index (χ4n) is 3.38. The number of amides is 2. The van der Waals surface area contributed by atoms with E-state index < -0.39 is 6.04 Å². The Morgan fingerprint density at radius 1 is 1.11 bits per heavy atom. The molecule has 1 aliphatic rings. The number of hydrogen-bond acceptors (Lipinski definition) is 4. The minimum absolute atomic E-state index is 0.156. The summed E-state index contributed by atoms with van der Waals surface area (Å²) in [5, 5.41) is 9.60. The Kier molecular flexibility index (Phi) is 4.57. The quantitative estimate of drug-likeness (QED) is 0.732. The Morgan fingerprint density at radius 3 is 2.57 bits per heavy atom. The molecule has 2 aromatic carbocycles. The Balaban J connectivity index is 1.57. The lowest BCUT2D eigenvalue weighted by Gasteiger charge is -2.21. The van der Waals surface area contributed by atoms with E-state index >= 15 is 0 Å². The molecule has 142 valence electrons. The maximum Gasteiger partial charge on any atom is 0.254 e. The number of hydrogen-bond donors (Lipinski definition) is 2.